The van der Waals surface area contributed by atoms with Crippen molar-refractivity contribution < 1.29 is 14.3 Å². The lowest BCUT2D eigenvalue weighted by molar-refractivity contribution is -0.117. The van der Waals surface area contributed by atoms with E-state index >= 15 is 0 Å². The van der Waals surface area contributed by atoms with Crippen molar-refractivity contribution in [3.8, 4) is 22.8 Å². The molecule has 0 radical (unpaired) electrons. The van der Waals surface area contributed by atoms with E-state index in [2.05, 4.69) is 10.3 Å². The molecule has 0 fully saturated rings. The van der Waals surface area contributed by atoms with Gasteiger partial charge in [-0.25, -0.2) is 4.98 Å². The van der Waals surface area contributed by atoms with E-state index in [1.807, 2.05) is 73.0 Å². The third-order valence-corrected chi connectivity index (χ3v) is 5.84. The standard InChI is InChI=1S/C24H22N2O3S/c1-15(16-8-9-18-13-19(28-2)11-10-17(18)12-16)23(27)26-24-25-21(14-30-24)20-6-4-5-7-22(20)29-3/h4-15H,1-3H3,(H,25,26,27). The molecule has 1 N–H and O–H groups in total. The van der Waals surface area contributed by atoms with Gasteiger partial charge in [-0.3, -0.25) is 4.79 Å². The number of carbonyl (C=O) groups excluding carboxylic acids is 1. The number of ether oxygens (including phenoxy) is 2. The Labute approximate surface area is 179 Å². The number of benzene rings is 3. The van der Waals surface area contributed by atoms with Crippen LogP contribution in [0.25, 0.3) is 22.0 Å². The van der Waals surface area contributed by atoms with Gasteiger partial charge in [0.15, 0.2) is 5.13 Å². The quantitative estimate of drug-likeness (QED) is 0.435. The lowest BCUT2D eigenvalue weighted by Crippen LogP contribution is -2.18. The minimum absolute atomic E-state index is 0.0937. The molecule has 6 heteroatoms. The monoisotopic (exact) mass is 418 g/mol. The van der Waals surface area contributed by atoms with Gasteiger partial charge in [-0.05, 0) is 47.5 Å². The summed E-state index contributed by atoms with van der Waals surface area (Å²) in [5.41, 5.74) is 2.63. The lowest BCUT2D eigenvalue weighted by Gasteiger charge is -2.12. The molecule has 0 bridgehead atoms. The fourth-order valence-corrected chi connectivity index (χ4v) is 4.03. The zero-order chi connectivity index (χ0) is 21.1. The molecule has 4 aromatic rings. The summed E-state index contributed by atoms with van der Waals surface area (Å²) in [6, 6.07) is 19.6. The zero-order valence-corrected chi connectivity index (χ0v) is 17.8. The molecule has 5 nitrogen and oxygen atoms in total. The maximum Gasteiger partial charge on any atom is 0.233 e. The van der Waals surface area contributed by atoms with Crippen LogP contribution in [-0.2, 0) is 4.79 Å². The Balaban J connectivity index is 1.51. The molecule has 3 aromatic carbocycles. The Bertz CT molecular complexity index is 1200. The van der Waals surface area contributed by atoms with Gasteiger partial charge in [0.2, 0.25) is 5.91 Å². The van der Waals surface area contributed by atoms with Gasteiger partial charge in [-0.15, -0.1) is 11.3 Å². The molecule has 1 amide bonds. The number of carbonyl (C=O) groups is 1. The molecule has 0 saturated carbocycles. The lowest BCUT2D eigenvalue weighted by atomic mass is 9.97. The van der Waals surface area contributed by atoms with Gasteiger partial charge in [0.1, 0.15) is 11.5 Å². The predicted octanol–water partition coefficient (Wildman–Crippen LogP) is 5.72. The SMILES string of the molecule is COc1ccc2cc(C(C)C(=O)Nc3nc(-c4ccccc4OC)cs3)ccc2c1. The summed E-state index contributed by atoms with van der Waals surface area (Å²) < 4.78 is 10.7. The molecule has 1 atom stereocenters. The highest BCUT2D eigenvalue weighted by Crippen LogP contribution is 2.32. The summed E-state index contributed by atoms with van der Waals surface area (Å²) in [7, 11) is 3.29. The van der Waals surface area contributed by atoms with Crippen LogP contribution in [0.1, 0.15) is 18.4 Å². The van der Waals surface area contributed by atoms with E-state index in [9.17, 15) is 4.79 Å². The van der Waals surface area contributed by atoms with Crippen LogP contribution in [0.15, 0.2) is 66.0 Å². The minimum Gasteiger partial charge on any atom is -0.497 e. The van der Waals surface area contributed by atoms with Crippen molar-refractivity contribution in [1.29, 1.82) is 0 Å². The summed E-state index contributed by atoms with van der Waals surface area (Å²) in [5.74, 6) is 1.16. The number of anilines is 1. The second-order valence-electron chi connectivity index (χ2n) is 6.92. The van der Waals surface area contributed by atoms with Gasteiger partial charge in [0, 0.05) is 10.9 Å². The normalized spacial score (nSPS) is 11.8. The molecule has 1 aromatic heterocycles. The van der Waals surface area contributed by atoms with Gasteiger partial charge in [0.25, 0.3) is 0 Å². The Morgan fingerprint density at radius 3 is 2.57 bits per heavy atom. The number of hydrogen-bond donors (Lipinski definition) is 1. The molecule has 0 aliphatic heterocycles. The summed E-state index contributed by atoms with van der Waals surface area (Å²) >= 11 is 1.40. The third kappa shape index (κ3) is 4.00. The van der Waals surface area contributed by atoms with Crippen molar-refractivity contribution >= 4 is 33.1 Å². The highest BCUT2D eigenvalue weighted by Gasteiger charge is 2.18. The van der Waals surface area contributed by atoms with Crippen LogP contribution in [0.3, 0.4) is 0 Å². The van der Waals surface area contributed by atoms with Gasteiger partial charge >= 0.3 is 0 Å². The molecule has 1 unspecified atom stereocenters. The van der Waals surface area contributed by atoms with Crippen molar-refractivity contribution in [2.75, 3.05) is 19.5 Å². The molecule has 0 aliphatic carbocycles. The van der Waals surface area contributed by atoms with Gasteiger partial charge in [-0.2, -0.15) is 0 Å². The van der Waals surface area contributed by atoms with Crippen molar-refractivity contribution in [1.82, 2.24) is 4.98 Å². The molecular formula is C24H22N2O3S. The Morgan fingerprint density at radius 2 is 1.77 bits per heavy atom. The van der Waals surface area contributed by atoms with Crippen molar-refractivity contribution in [3.63, 3.8) is 0 Å². The average Bonchev–Trinajstić information content (AvgIpc) is 3.25. The van der Waals surface area contributed by atoms with Gasteiger partial charge < -0.3 is 14.8 Å². The van der Waals surface area contributed by atoms with Crippen LogP contribution in [0.4, 0.5) is 5.13 Å². The number of hydrogen-bond acceptors (Lipinski definition) is 5. The number of nitrogens with zero attached hydrogens (tertiary/aromatic N) is 1. The number of amides is 1. The number of thiazole rings is 1. The maximum absolute atomic E-state index is 12.8. The van der Waals surface area contributed by atoms with E-state index in [1.165, 1.54) is 11.3 Å². The van der Waals surface area contributed by atoms with Crippen LogP contribution < -0.4 is 14.8 Å². The van der Waals surface area contributed by atoms with E-state index in [0.29, 0.717) is 5.13 Å². The van der Waals surface area contributed by atoms with Gasteiger partial charge in [-0.1, -0.05) is 36.4 Å². The molecule has 30 heavy (non-hydrogen) atoms. The summed E-state index contributed by atoms with van der Waals surface area (Å²) in [6.07, 6.45) is 0. The second kappa shape index (κ2) is 8.55. The largest absolute Gasteiger partial charge is 0.497 e. The Hall–Kier alpha value is -3.38. The summed E-state index contributed by atoms with van der Waals surface area (Å²) in [6.45, 7) is 1.90. The van der Waals surface area contributed by atoms with Crippen molar-refractivity contribution in [2.24, 2.45) is 0 Å². The topological polar surface area (TPSA) is 60.5 Å². The minimum atomic E-state index is -0.310. The van der Waals surface area contributed by atoms with E-state index < -0.39 is 0 Å². The molecule has 0 spiro atoms. The molecular weight excluding hydrogens is 396 g/mol. The van der Waals surface area contributed by atoms with E-state index in [-0.39, 0.29) is 11.8 Å². The number of aromatic nitrogens is 1. The molecule has 4 rings (SSSR count). The first kappa shape index (κ1) is 19.9. The van der Waals surface area contributed by atoms with Crippen LogP contribution in [-0.4, -0.2) is 25.1 Å². The number of fused-ring (bicyclic) bond motifs is 1. The fourth-order valence-electron chi connectivity index (χ4n) is 3.31. The first-order chi connectivity index (χ1) is 14.6. The van der Waals surface area contributed by atoms with Crippen LogP contribution in [0, 0.1) is 0 Å². The van der Waals surface area contributed by atoms with Gasteiger partial charge in [0.05, 0.1) is 25.8 Å². The van der Waals surface area contributed by atoms with Crippen LogP contribution in [0.2, 0.25) is 0 Å². The molecule has 0 aliphatic rings. The maximum atomic E-state index is 12.8. The number of para-hydroxylation sites is 1. The average molecular weight is 419 g/mol. The Morgan fingerprint density at radius 1 is 1.00 bits per heavy atom. The third-order valence-electron chi connectivity index (χ3n) is 5.08. The highest BCUT2D eigenvalue weighted by atomic mass is 32.1. The van der Waals surface area contributed by atoms with Crippen LogP contribution >= 0.6 is 11.3 Å². The molecule has 152 valence electrons. The first-order valence-electron chi connectivity index (χ1n) is 9.56. The van der Waals surface area contributed by atoms with E-state index in [1.54, 1.807) is 14.2 Å². The summed E-state index contributed by atoms with van der Waals surface area (Å²) in [5, 5.41) is 7.57. The van der Waals surface area contributed by atoms with Crippen LogP contribution in [0.5, 0.6) is 11.5 Å². The first-order valence-corrected chi connectivity index (χ1v) is 10.4. The predicted molar refractivity (Wildman–Crippen MR) is 122 cm³/mol. The molecule has 0 saturated heterocycles. The number of rotatable bonds is 6. The second-order valence-corrected chi connectivity index (χ2v) is 7.78. The van der Waals surface area contributed by atoms with Crippen molar-refractivity contribution in [2.45, 2.75) is 12.8 Å². The van der Waals surface area contributed by atoms with E-state index in [0.717, 1.165) is 39.1 Å². The van der Waals surface area contributed by atoms with E-state index in [4.69, 9.17) is 9.47 Å². The highest BCUT2D eigenvalue weighted by molar-refractivity contribution is 7.14. The summed E-state index contributed by atoms with van der Waals surface area (Å²) in [4.78, 5) is 17.4. The zero-order valence-electron chi connectivity index (χ0n) is 17.0. The van der Waals surface area contributed by atoms with Crippen molar-refractivity contribution in [3.05, 3.63) is 71.6 Å². The number of nitrogens with one attached hydrogen (secondary N) is 1. The molecule has 1 heterocycles. The number of methoxy groups -OCH3 is 2. The Kier molecular flexibility index (Phi) is 5.68. The fraction of sp³-hybridized carbons (Fsp3) is 0.167. The smallest absolute Gasteiger partial charge is 0.233 e.